The van der Waals surface area contributed by atoms with E-state index < -0.39 is 0 Å². The van der Waals surface area contributed by atoms with Crippen molar-refractivity contribution in [3.8, 4) is 5.75 Å². The second-order valence-electron chi connectivity index (χ2n) is 2.77. The van der Waals surface area contributed by atoms with Gasteiger partial charge in [-0.25, -0.2) is 0 Å². The smallest absolute Gasteiger partial charge is 0.223 e. The third kappa shape index (κ3) is 1.47. The zero-order valence-electron chi connectivity index (χ0n) is 7.29. The number of hydrogen-bond acceptors (Lipinski definition) is 2. The topological polar surface area (TPSA) is 37.3 Å². The Morgan fingerprint density at radius 1 is 1.42 bits per heavy atom. The molecule has 1 N–H and O–H groups in total. The molecule has 12 heavy (non-hydrogen) atoms. The normalized spacial score (nSPS) is 9.83. The average molecular weight is 164 g/mol. The Bertz CT molecular complexity index is 342. The van der Waals surface area contributed by atoms with Crippen molar-refractivity contribution >= 4 is 0 Å². The fourth-order valence-electron chi connectivity index (χ4n) is 1.07. The van der Waals surface area contributed by atoms with Crippen LogP contribution in [0.5, 0.6) is 5.75 Å². The minimum absolute atomic E-state index is 0.128. The third-order valence-electron chi connectivity index (χ3n) is 1.90. The van der Waals surface area contributed by atoms with Crippen LogP contribution in [0, 0.1) is 6.92 Å². The molecule has 0 aliphatic rings. The van der Waals surface area contributed by atoms with Crippen LogP contribution in [-0.4, -0.2) is 5.11 Å². The molecule has 0 atom stereocenters. The summed E-state index contributed by atoms with van der Waals surface area (Å²) in [7, 11) is 0. The van der Waals surface area contributed by atoms with Gasteiger partial charge in [0, 0.05) is 5.56 Å². The minimum Gasteiger partial charge on any atom is -0.504 e. The number of rotatable bonds is 1. The first-order valence-corrected chi connectivity index (χ1v) is 3.98. The van der Waals surface area contributed by atoms with E-state index in [4.69, 9.17) is 0 Å². The zero-order valence-corrected chi connectivity index (χ0v) is 7.29. The summed E-state index contributed by atoms with van der Waals surface area (Å²) in [6.45, 7) is 3.61. The Morgan fingerprint density at radius 3 is 2.67 bits per heavy atom. The molecule has 0 saturated carbocycles. The van der Waals surface area contributed by atoms with E-state index in [1.54, 1.807) is 25.1 Å². The highest BCUT2D eigenvalue weighted by atomic mass is 16.3. The maximum absolute atomic E-state index is 11.4. The van der Waals surface area contributed by atoms with Crippen LogP contribution >= 0.6 is 0 Å². The van der Waals surface area contributed by atoms with Crippen LogP contribution in [0.25, 0.3) is 0 Å². The first-order valence-electron chi connectivity index (χ1n) is 3.98. The highest BCUT2D eigenvalue weighted by Crippen LogP contribution is 2.08. The van der Waals surface area contributed by atoms with Crippen LogP contribution < -0.4 is 5.43 Å². The fraction of sp³-hybridized carbons (Fsp3) is 0.300. The lowest BCUT2D eigenvalue weighted by Crippen LogP contribution is -2.04. The lowest BCUT2D eigenvalue weighted by molar-refractivity contribution is 0.466. The van der Waals surface area contributed by atoms with Crippen molar-refractivity contribution in [3.63, 3.8) is 0 Å². The standard InChI is InChI=1S/C10H12O2/c1-3-8-6-4-5-7(2)9(11)10(8)12/h4-6H,3H2,1-2H3,(H,11,12). The molecule has 0 spiro atoms. The largest absolute Gasteiger partial charge is 0.504 e. The van der Waals surface area contributed by atoms with Crippen LogP contribution in [-0.2, 0) is 6.42 Å². The van der Waals surface area contributed by atoms with E-state index in [-0.39, 0.29) is 11.2 Å². The van der Waals surface area contributed by atoms with Crippen molar-refractivity contribution in [2.24, 2.45) is 0 Å². The second kappa shape index (κ2) is 3.39. The van der Waals surface area contributed by atoms with Gasteiger partial charge in [0.25, 0.3) is 0 Å². The Hall–Kier alpha value is -1.31. The second-order valence-corrected chi connectivity index (χ2v) is 2.77. The Labute approximate surface area is 71.5 Å². The molecule has 0 radical (unpaired) electrons. The molecule has 0 saturated heterocycles. The molecule has 2 heteroatoms. The molecule has 0 aliphatic heterocycles. The van der Waals surface area contributed by atoms with Crippen molar-refractivity contribution in [3.05, 3.63) is 39.5 Å². The summed E-state index contributed by atoms with van der Waals surface area (Å²) in [6.07, 6.45) is 0.653. The van der Waals surface area contributed by atoms with Gasteiger partial charge in [0.1, 0.15) is 0 Å². The quantitative estimate of drug-likeness (QED) is 0.684. The highest BCUT2D eigenvalue weighted by Gasteiger charge is 2.02. The van der Waals surface area contributed by atoms with E-state index in [2.05, 4.69) is 0 Å². The minimum atomic E-state index is -0.250. The lowest BCUT2D eigenvalue weighted by atomic mass is 10.2. The van der Waals surface area contributed by atoms with Gasteiger partial charge in [-0.1, -0.05) is 25.1 Å². The van der Waals surface area contributed by atoms with Gasteiger partial charge < -0.3 is 5.11 Å². The molecular formula is C10H12O2. The molecule has 0 heterocycles. The average Bonchev–Trinajstić information content (AvgIpc) is 2.19. The maximum Gasteiger partial charge on any atom is 0.223 e. The predicted octanol–water partition coefficient (Wildman–Crippen LogP) is 1.62. The first kappa shape index (κ1) is 8.78. The molecule has 0 bridgehead atoms. The number of aromatic hydroxyl groups is 1. The van der Waals surface area contributed by atoms with E-state index >= 15 is 0 Å². The van der Waals surface area contributed by atoms with Crippen molar-refractivity contribution in [1.82, 2.24) is 0 Å². The molecular weight excluding hydrogens is 152 g/mol. The molecule has 0 amide bonds. The lowest BCUT2D eigenvalue weighted by Gasteiger charge is -1.90. The molecule has 2 nitrogen and oxygen atoms in total. The van der Waals surface area contributed by atoms with E-state index in [1.807, 2.05) is 6.92 Å². The molecule has 0 fully saturated rings. The van der Waals surface area contributed by atoms with Crippen LogP contribution in [0.3, 0.4) is 0 Å². The van der Waals surface area contributed by atoms with Gasteiger partial charge in [-0.3, -0.25) is 4.79 Å². The van der Waals surface area contributed by atoms with Gasteiger partial charge in [0.15, 0.2) is 5.75 Å². The first-order chi connectivity index (χ1) is 5.66. The molecule has 0 aromatic heterocycles. The predicted molar refractivity (Wildman–Crippen MR) is 48.5 cm³/mol. The van der Waals surface area contributed by atoms with E-state index in [9.17, 15) is 9.90 Å². The molecule has 0 aliphatic carbocycles. The van der Waals surface area contributed by atoms with Crippen LogP contribution in [0.15, 0.2) is 23.0 Å². The number of aryl methyl sites for hydroxylation is 2. The summed E-state index contributed by atoms with van der Waals surface area (Å²) in [6, 6.07) is 5.26. The van der Waals surface area contributed by atoms with Crippen molar-refractivity contribution in [1.29, 1.82) is 0 Å². The van der Waals surface area contributed by atoms with Crippen LogP contribution in [0.4, 0.5) is 0 Å². The van der Waals surface area contributed by atoms with Gasteiger partial charge in [-0.2, -0.15) is 0 Å². The number of hydrogen-bond donors (Lipinski definition) is 1. The molecule has 1 rings (SSSR count). The SMILES string of the molecule is CCc1cccc(C)c(O)c1=O. The third-order valence-corrected chi connectivity index (χ3v) is 1.90. The molecule has 1 aromatic rings. The summed E-state index contributed by atoms with van der Waals surface area (Å²) in [4.78, 5) is 11.4. The van der Waals surface area contributed by atoms with Gasteiger partial charge in [0.05, 0.1) is 0 Å². The van der Waals surface area contributed by atoms with Gasteiger partial charge >= 0.3 is 0 Å². The molecule has 64 valence electrons. The highest BCUT2D eigenvalue weighted by molar-refractivity contribution is 5.33. The van der Waals surface area contributed by atoms with Gasteiger partial charge in [-0.05, 0) is 18.9 Å². The summed E-state index contributed by atoms with van der Waals surface area (Å²) in [5.41, 5.74) is 1.03. The Morgan fingerprint density at radius 2 is 2.08 bits per heavy atom. The van der Waals surface area contributed by atoms with E-state index in [0.29, 0.717) is 17.5 Å². The van der Waals surface area contributed by atoms with Crippen LogP contribution in [0.1, 0.15) is 18.1 Å². The Balaban J connectivity index is 3.52. The van der Waals surface area contributed by atoms with E-state index in [1.165, 1.54) is 0 Å². The molecule has 0 unspecified atom stereocenters. The summed E-state index contributed by atoms with van der Waals surface area (Å²) in [5, 5.41) is 9.37. The summed E-state index contributed by atoms with van der Waals surface area (Å²) >= 11 is 0. The van der Waals surface area contributed by atoms with Crippen molar-refractivity contribution in [2.45, 2.75) is 20.3 Å². The Kier molecular flexibility index (Phi) is 2.48. The molecule has 1 aromatic carbocycles. The maximum atomic E-state index is 11.4. The van der Waals surface area contributed by atoms with Gasteiger partial charge in [0.2, 0.25) is 5.43 Å². The van der Waals surface area contributed by atoms with Gasteiger partial charge in [-0.15, -0.1) is 0 Å². The van der Waals surface area contributed by atoms with Crippen molar-refractivity contribution in [2.75, 3.05) is 0 Å². The van der Waals surface area contributed by atoms with Crippen LogP contribution in [0.2, 0.25) is 0 Å². The van der Waals surface area contributed by atoms with E-state index in [0.717, 1.165) is 0 Å². The summed E-state index contributed by atoms with van der Waals surface area (Å²) in [5.74, 6) is -0.128. The summed E-state index contributed by atoms with van der Waals surface area (Å²) < 4.78 is 0. The fourth-order valence-corrected chi connectivity index (χ4v) is 1.07. The van der Waals surface area contributed by atoms with Crippen molar-refractivity contribution < 1.29 is 5.11 Å². The zero-order chi connectivity index (χ0) is 9.14. The monoisotopic (exact) mass is 164 g/mol.